The molecule has 0 saturated carbocycles. The highest BCUT2D eigenvalue weighted by Crippen LogP contribution is 2.38. The molecule has 0 bridgehead atoms. The number of amides is 1. The van der Waals surface area contributed by atoms with Gasteiger partial charge in [0, 0.05) is 10.4 Å². The van der Waals surface area contributed by atoms with Crippen LogP contribution in [0.25, 0.3) is 11.5 Å². The summed E-state index contributed by atoms with van der Waals surface area (Å²) in [5, 5.41) is 11.8. The van der Waals surface area contributed by atoms with E-state index < -0.39 is 0 Å². The number of thiophene rings is 1. The predicted octanol–water partition coefficient (Wildman–Crippen LogP) is 4.58. The lowest BCUT2D eigenvalue weighted by molar-refractivity contribution is -0.113. The maximum atomic E-state index is 12.5. The molecular weight excluding hydrogens is 422 g/mol. The van der Waals surface area contributed by atoms with Gasteiger partial charge in [-0.15, -0.1) is 21.5 Å². The first-order chi connectivity index (χ1) is 14.7. The Morgan fingerprint density at radius 3 is 2.80 bits per heavy atom. The first kappa shape index (κ1) is 20.6. The number of anilines is 1. The Morgan fingerprint density at radius 1 is 1.20 bits per heavy atom. The minimum Gasteiger partial charge on any atom is -0.462 e. The summed E-state index contributed by atoms with van der Waals surface area (Å²) in [5.41, 5.74) is 2.36. The molecule has 0 radical (unpaired) electrons. The van der Waals surface area contributed by atoms with Crippen molar-refractivity contribution in [3.05, 3.63) is 46.3 Å². The van der Waals surface area contributed by atoms with Gasteiger partial charge in [0.2, 0.25) is 11.8 Å². The van der Waals surface area contributed by atoms with Gasteiger partial charge in [-0.05, 0) is 50.3 Å². The third-order valence-corrected chi connectivity index (χ3v) is 6.68. The Kier molecular flexibility index (Phi) is 6.49. The standard InChI is InChI=1S/C21H21N3O4S2/c1-2-27-20(26)17-14-10-6-7-11-15(14)30-19(17)22-16(25)12-29-21-24-23-18(28-21)13-8-4-3-5-9-13/h3-5,8-9H,2,6-7,10-12H2,1H3,(H,22,25). The van der Waals surface area contributed by atoms with Crippen LogP contribution in [-0.2, 0) is 22.4 Å². The molecule has 0 fully saturated rings. The van der Waals surface area contributed by atoms with E-state index in [1.54, 1.807) is 6.92 Å². The van der Waals surface area contributed by atoms with E-state index in [1.165, 1.54) is 11.3 Å². The quantitative estimate of drug-likeness (QED) is 0.422. The molecule has 7 nitrogen and oxygen atoms in total. The van der Waals surface area contributed by atoms with Gasteiger partial charge in [0.1, 0.15) is 5.00 Å². The van der Waals surface area contributed by atoms with Crippen LogP contribution < -0.4 is 5.32 Å². The van der Waals surface area contributed by atoms with E-state index in [4.69, 9.17) is 9.15 Å². The largest absolute Gasteiger partial charge is 0.462 e. The summed E-state index contributed by atoms with van der Waals surface area (Å²) in [7, 11) is 0. The number of hydrogen-bond donors (Lipinski definition) is 1. The van der Waals surface area contributed by atoms with E-state index in [9.17, 15) is 9.59 Å². The zero-order chi connectivity index (χ0) is 20.9. The number of carbonyl (C=O) groups excluding carboxylic acids is 2. The zero-order valence-electron chi connectivity index (χ0n) is 16.5. The number of nitrogens with one attached hydrogen (secondary N) is 1. The molecule has 9 heteroatoms. The summed E-state index contributed by atoms with van der Waals surface area (Å²) in [6.07, 6.45) is 3.91. The second-order valence-electron chi connectivity index (χ2n) is 6.71. The summed E-state index contributed by atoms with van der Waals surface area (Å²) < 4.78 is 10.8. The molecule has 1 aliphatic carbocycles. The molecule has 3 aromatic rings. The van der Waals surface area contributed by atoms with Gasteiger partial charge in [0.25, 0.3) is 5.22 Å². The highest BCUT2D eigenvalue weighted by molar-refractivity contribution is 7.99. The Balaban J connectivity index is 1.43. The van der Waals surface area contributed by atoms with E-state index in [-0.39, 0.29) is 17.6 Å². The topological polar surface area (TPSA) is 94.3 Å². The molecule has 156 valence electrons. The Morgan fingerprint density at radius 2 is 2.00 bits per heavy atom. The van der Waals surface area contributed by atoms with E-state index >= 15 is 0 Å². The number of hydrogen-bond acceptors (Lipinski definition) is 8. The van der Waals surface area contributed by atoms with Crippen molar-refractivity contribution >= 4 is 40.0 Å². The normalized spacial score (nSPS) is 13.0. The molecular formula is C21H21N3O4S2. The lowest BCUT2D eigenvalue weighted by Crippen LogP contribution is -2.17. The monoisotopic (exact) mass is 443 g/mol. The van der Waals surface area contributed by atoms with Crippen LogP contribution in [0.5, 0.6) is 0 Å². The second-order valence-corrected chi connectivity index (χ2v) is 8.74. The summed E-state index contributed by atoms with van der Waals surface area (Å²) in [6.45, 7) is 2.08. The third-order valence-electron chi connectivity index (χ3n) is 4.66. The van der Waals surface area contributed by atoms with E-state index in [0.29, 0.717) is 28.3 Å². The van der Waals surface area contributed by atoms with E-state index in [2.05, 4.69) is 15.5 Å². The summed E-state index contributed by atoms with van der Waals surface area (Å²) in [6, 6.07) is 9.45. The van der Waals surface area contributed by atoms with Crippen LogP contribution in [0.15, 0.2) is 40.0 Å². The fourth-order valence-corrected chi connectivity index (χ4v) is 5.19. The number of aromatic nitrogens is 2. The second kappa shape index (κ2) is 9.44. The number of benzene rings is 1. The molecule has 1 amide bonds. The minimum absolute atomic E-state index is 0.0985. The summed E-state index contributed by atoms with van der Waals surface area (Å²) in [5.74, 6) is -0.0942. The van der Waals surface area contributed by atoms with Crippen LogP contribution in [0.1, 0.15) is 40.6 Å². The lowest BCUT2D eigenvalue weighted by atomic mass is 9.95. The van der Waals surface area contributed by atoms with Crippen LogP contribution in [0.3, 0.4) is 0 Å². The van der Waals surface area contributed by atoms with Gasteiger partial charge >= 0.3 is 5.97 Å². The molecule has 0 atom stereocenters. The molecule has 1 aliphatic rings. The summed E-state index contributed by atoms with van der Waals surface area (Å²) >= 11 is 2.63. The molecule has 4 rings (SSSR count). The number of thioether (sulfide) groups is 1. The van der Waals surface area contributed by atoms with Gasteiger partial charge < -0.3 is 14.5 Å². The Labute approximate surface area is 182 Å². The number of rotatable bonds is 7. The number of aryl methyl sites for hydroxylation is 1. The van der Waals surface area contributed by atoms with E-state index in [1.807, 2.05) is 30.3 Å². The Bertz CT molecular complexity index is 1050. The molecule has 0 unspecified atom stereocenters. The maximum absolute atomic E-state index is 12.5. The molecule has 1 aromatic carbocycles. The molecule has 1 N–H and O–H groups in total. The van der Waals surface area contributed by atoms with Crippen LogP contribution in [0.4, 0.5) is 5.00 Å². The van der Waals surface area contributed by atoms with Gasteiger partial charge in [0.15, 0.2) is 0 Å². The molecule has 0 saturated heterocycles. The fraction of sp³-hybridized carbons (Fsp3) is 0.333. The van der Waals surface area contributed by atoms with Crippen LogP contribution in [0.2, 0.25) is 0 Å². The van der Waals surface area contributed by atoms with Gasteiger partial charge in [-0.3, -0.25) is 4.79 Å². The zero-order valence-corrected chi connectivity index (χ0v) is 18.1. The van der Waals surface area contributed by atoms with Crippen molar-refractivity contribution in [2.75, 3.05) is 17.7 Å². The number of esters is 1. The van der Waals surface area contributed by atoms with Crippen molar-refractivity contribution in [2.24, 2.45) is 0 Å². The number of carbonyl (C=O) groups is 2. The SMILES string of the molecule is CCOC(=O)c1c(NC(=O)CSc2nnc(-c3ccccc3)o2)sc2c1CCCC2. The van der Waals surface area contributed by atoms with Crippen molar-refractivity contribution in [2.45, 2.75) is 37.8 Å². The number of fused-ring (bicyclic) bond motifs is 1. The van der Waals surface area contributed by atoms with Gasteiger partial charge in [-0.1, -0.05) is 30.0 Å². The Hall–Kier alpha value is -2.65. The van der Waals surface area contributed by atoms with Crippen molar-refractivity contribution in [1.29, 1.82) is 0 Å². The number of nitrogens with zero attached hydrogens (tertiary/aromatic N) is 2. The van der Waals surface area contributed by atoms with Crippen molar-refractivity contribution in [3.63, 3.8) is 0 Å². The summed E-state index contributed by atoms with van der Waals surface area (Å²) in [4.78, 5) is 26.2. The minimum atomic E-state index is -0.371. The average Bonchev–Trinajstić information content (AvgIpc) is 3.37. The van der Waals surface area contributed by atoms with Crippen molar-refractivity contribution in [3.8, 4) is 11.5 Å². The van der Waals surface area contributed by atoms with Crippen molar-refractivity contribution in [1.82, 2.24) is 10.2 Å². The van der Waals surface area contributed by atoms with Crippen LogP contribution in [0, 0.1) is 0 Å². The number of ether oxygens (including phenoxy) is 1. The maximum Gasteiger partial charge on any atom is 0.341 e. The first-order valence-corrected chi connectivity index (χ1v) is 11.6. The fourth-order valence-electron chi connectivity index (χ4n) is 3.33. The van der Waals surface area contributed by atoms with Crippen molar-refractivity contribution < 1.29 is 18.7 Å². The molecule has 30 heavy (non-hydrogen) atoms. The molecule has 2 heterocycles. The van der Waals surface area contributed by atoms with Gasteiger partial charge in [-0.25, -0.2) is 4.79 Å². The lowest BCUT2D eigenvalue weighted by Gasteiger charge is -2.12. The molecule has 2 aromatic heterocycles. The first-order valence-electron chi connectivity index (χ1n) is 9.79. The molecule has 0 aliphatic heterocycles. The average molecular weight is 444 g/mol. The highest BCUT2D eigenvalue weighted by Gasteiger charge is 2.27. The van der Waals surface area contributed by atoms with Gasteiger partial charge in [-0.2, -0.15) is 0 Å². The predicted molar refractivity (Wildman–Crippen MR) is 116 cm³/mol. The smallest absolute Gasteiger partial charge is 0.341 e. The van der Waals surface area contributed by atoms with Crippen LogP contribution >= 0.6 is 23.1 Å². The van der Waals surface area contributed by atoms with Crippen LogP contribution in [-0.4, -0.2) is 34.4 Å². The third kappa shape index (κ3) is 4.57. The highest BCUT2D eigenvalue weighted by atomic mass is 32.2. The van der Waals surface area contributed by atoms with Gasteiger partial charge in [0.05, 0.1) is 17.9 Å². The molecule has 0 spiro atoms. The van der Waals surface area contributed by atoms with E-state index in [0.717, 1.165) is 53.4 Å².